The number of halogens is 2. The molecule has 1 rings (SSSR count). The summed E-state index contributed by atoms with van der Waals surface area (Å²) in [6, 6.07) is 2.99. The first-order valence-corrected chi connectivity index (χ1v) is 8.70. The molecule has 7 heteroatoms. The Morgan fingerprint density at radius 1 is 1.33 bits per heavy atom. The Hall–Kier alpha value is -0.590. The minimum Gasteiger partial charge on any atom is -0.316 e. The second kappa shape index (κ2) is 7.61. The molecule has 0 unspecified atom stereocenters. The van der Waals surface area contributed by atoms with E-state index in [0.29, 0.717) is 23.7 Å². The van der Waals surface area contributed by atoms with Crippen LogP contribution in [0.2, 0.25) is 10.0 Å². The molecule has 0 amide bonds. The van der Waals surface area contributed by atoms with Crippen molar-refractivity contribution in [3.63, 3.8) is 0 Å². The first kappa shape index (κ1) is 18.5. The van der Waals surface area contributed by atoms with Gasteiger partial charge in [-0.15, -0.1) is 0 Å². The zero-order chi connectivity index (χ0) is 16.2. The lowest BCUT2D eigenvalue weighted by Gasteiger charge is -2.22. The van der Waals surface area contributed by atoms with Crippen molar-refractivity contribution in [1.29, 1.82) is 0 Å². The van der Waals surface area contributed by atoms with Crippen LogP contribution in [0.5, 0.6) is 0 Å². The van der Waals surface area contributed by atoms with Crippen LogP contribution < -0.4 is 5.32 Å². The molecule has 0 heterocycles. The normalized spacial score (nSPS) is 11.9. The van der Waals surface area contributed by atoms with Gasteiger partial charge in [-0.1, -0.05) is 42.3 Å². The molecule has 0 aromatic heterocycles. The molecule has 0 atom stereocenters. The molecule has 0 fully saturated rings. The van der Waals surface area contributed by atoms with Gasteiger partial charge in [-0.2, -0.15) is 4.31 Å². The van der Waals surface area contributed by atoms with E-state index in [1.54, 1.807) is 20.9 Å². The summed E-state index contributed by atoms with van der Waals surface area (Å²) >= 11 is 12.2. The summed E-state index contributed by atoms with van der Waals surface area (Å²) in [5.74, 6) is 0. The third kappa shape index (κ3) is 4.44. The molecule has 0 bridgehead atoms. The first-order chi connectivity index (χ1) is 9.73. The number of nitrogens with one attached hydrogen (secondary N) is 1. The quantitative estimate of drug-likeness (QED) is 0.767. The zero-order valence-corrected chi connectivity index (χ0v) is 14.7. The van der Waals surface area contributed by atoms with Crippen molar-refractivity contribution < 1.29 is 8.42 Å². The van der Waals surface area contributed by atoms with Gasteiger partial charge in [0.15, 0.2) is 0 Å². The molecule has 0 aliphatic heterocycles. The van der Waals surface area contributed by atoms with E-state index in [4.69, 9.17) is 23.2 Å². The van der Waals surface area contributed by atoms with Crippen LogP contribution in [0.25, 0.3) is 0 Å². The summed E-state index contributed by atoms with van der Waals surface area (Å²) < 4.78 is 26.8. The van der Waals surface area contributed by atoms with Crippen LogP contribution in [0.3, 0.4) is 0 Å². The fourth-order valence-corrected chi connectivity index (χ4v) is 4.25. The highest BCUT2D eigenvalue weighted by Gasteiger charge is 2.26. The highest BCUT2D eigenvalue weighted by Crippen LogP contribution is 2.30. The van der Waals surface area contributed by atoms with Crippen LogP contribution in [0.4, 0.5) is 0 Å². The van der Waals surface area contributed by atoms with Crippen LogP contribution >= 0.6 is 23.2 Å². The van der Waals surface area contributed by atoms with Crippen molar-refractivity contribution in [3.8, 4) is 0 Å². The molecule has 0 saturated heterocycles. The maximum absolute atomic E-state index is 12.7. The standard InChI is InChI=1S/C14H20Cl2N2O2S/c1-5-18(9-10(2)3)21(19,20)14-6-11(8-17-4)12(15)7-13(14)16/h6-7,17H,2,5,8-9H2,1,3-4H3. The van der Waals surface area contributed by atoms with E-state index < -0.39 is 10.0 Å². The van der Waals surface area contributed by atoms with Crippen LogP contribution in [0.15, 0.2) is 29.2 Å². The maximum atomic E-state index is 12.7. The van der Waals surface area contributed by atoms with Gasteiger partial charge in [0.25, 0.3) is 0 Å². The Balaban J connectivity index is 3.35. The van der Waals surface area contributed by atoms with E-state index in [9.17, 15) is 8.42 Å². The number of hydrogen-bond donors (Lipinski definition) is 1. The van der Waals surface area contributed by atoms with E-state index >= 15 is 0 Å². The number of sulfonamides is 1. The summed E-state index contributed by atoms with van der Waals surface area (Å²) in [5, 5.41) is 3.51. The molecule has 1 aromatic rings. The SMILES string of the molecule is C=C(C)CN(CC)S(=O)(=O)c1cc(CNC)c(Cl)cc1Cl. The van der Waals surface area contributed by atoms with E-state index in [-0.39, 0.29) is 16.5 Å². The lowest BCUT2D eigenvalue weighted by Crippen LogP contribution is -2.32. The van der Waals surface area contributed by atoms with E-state index in [2.05, 4.69) is 11.9 Å². The third-order valence-corrected chi connectivity index (χ3v) is 5.62. The summed E-state index contributed by atoms with van der Waals surface area (Å²) in [6.07, 6.45) is 0. The van der Waals surface area contributed by atoms with Gasteiger partial charge in [0, 0.05) is 24.7 Å². The van der Waals surface area contributed by atoms with Gasteiger partial charge in [-0.05, 0) is 31.7 Å². The topological polar surface area (TPSA) is 49.4 Å². The summed E-state index contributed by atoms with van der Waals surface area (Å²) in [6.45, 7) is 8.40. The highest BCUT2D eigenvalue weighted by atomic mass is 35.5. The Morgan fingerprint density at radius 3 is 2.43 bits per heavy atom. The van der Waals surface area contributed by atoms with Crippen LogP contribution in [0.1, 0.15) is 19.4 Å². The number of benzene rings is 1. The number of rotatable bonds is 7. The first-order valence-electron chi connectivity index (χ1n) is 6.51. The molecule has 1 N–H and O–H groups in total. The van der Waals surface area contributed by atoms with E-state index in [1.165, 1.54) is 16.4 Å². The van der Waals surface area contributed by atoms with Crippen LogP contribution in [-0.4, -0.2) is 32.9 Å². The van der Waals surface area contributed by atoms with Crippen LogP contribution in [-0.2, 0) is 16.6 Å². The Bertz CT molecular complexity index is 630. The van der Waals surface area contributed by atoms with Crippen molar-refractivity contribution in [2.45, 2.75) is 25.3 Å². The largest absolute Gasteiger partial charge is 0.316 e. The number of nitrogens with zero attached hydrogens (tertiary/aromatic N) is 1. The van der Waals surface area contributed by atoms with Gasteiger partial charge in [0.05, 0.1) is 5.02 Å². The van der Waals surface area contributed by atoms with E-state index in [0.717, 1.165) is 5.57 Å². The zero-order valence-electron chi connectivity index (χ0n) is 12.4. The second-order valence-electron chi connectivity index (χ2n) is 4.79. The molecule has 1 aromatic carbocycles. The molecule has 118 valence electrons. The fraction of sp³-hybridized carbons (Fsp3) is 0.429. The second-order valence-corrected chi connectivity index (χ2v) is 7.51. The molecule has 0 aliphatic rings. The van der Waals surface area contributed by atoms with Gasteiger partial charge in [-0.3, -0.25) is 0 Å². The Morgan fingerprint density at radius 2 is 1.95 bits per heavy atom. The fourth-order valence-electron chi connectivity index (χ4n) is 1.90. The summed E-state index contributed by atoms with van der Waals surface area (Å²) in [4.78, 5) is 0.0712. The lowest BCUT2D eigenvalue weighted by molar-refractivity contribution is 0.453. The molecular formula is C14H20Cl2N2O2S. The molecular weight excluding hydrogens is 331 g/mol. The third-order valence-electron chi connectivity index (χ3n) is 2.88. The predicted octanol–water partition coefficient (Wildman–Crippen LogP) is 3.30. The molecule has 0 aliphatic carbocycles. The Labute approximate surface area is 136 Å². The van der Waals surface area contributed by atoms with Crippen LogP contribution in [0, 0.1) is 0 Å². The molecule has 21 heavy (non-hydrogen) atoms. The van der Waals surface area contributed by atoms with E-state index in [1.807, 2.05) is 0 Å². The minimum atomic E-state index is -3.68. The van der Waals surface area contributed by atoms with Gasteiger partial charge in [-0.25, -0.2) is 8.42 Å². The molecule has 4 nitrogen and oxygen atoms in total. The monoisotopic (exact) mass is 350 g/mol. The van der Waals surface area contributed by atoms with Gasteiger partial charge >= 0.3 is 0 Å². The number of likely N-dealkylation sites (N-methyl/N-ethyl adjacent to an activating group) is 1. The van der Waals surface area contributed by atoms with Crippen molar-refractivity contribution >= 4 is 33.2 Å². The minimum absolute atomic E-state index is 0.0712. The van der Waals surface area contributed by atoms with Crippen molar-refractivity contribution in [2.24, 2.45) is 0 Å². The van der Waals surface area contributed by atoms with Gasteiger partial charge in [0.2, 0.25) is 10.0 Å². The highest BCUT2D eigenvalue weighted by molar-refractivity contribution is 7.89. The average molecular weight is 351 g/mol. The number of hydrogen-bond acceptors (Lipinski definition) is 3. The van der Waals surface area contributed by atoms with Crippen molar-refractivity contribution in [1.82, 2.24) is 9.62 Å². The maximum Gasteiger partial charge on any atom is 0.244 e. The smallest absolute Gasteiger partial charge is 0.244 e. The van der Waals surface area contributed by atoms with Crippen molar-refractivity contribution in [2.75, 3.05) is 20.1 Å². The summed E-state index contributed by atoms with van der Waals surface area (Å²) in [5.41, 5.74) is 1.45. The summed E-state index contributed by atoms with van der Waals surface area (Å²) in [7, 11) is -1.92. The predicted molar refractivity (Wildman–Crippen MR) is 88.5 cm³/mol. The molecule has 0 saturated carbocycles. The average Bonchev–Trinajstić information content (AvgIpc) is 2.38. The van der Waals surface area contributed by atoms with Gasteiger partial charge in [0.1, 0.15) is 4.90 Å². The lowest BCUT2D eigenvalue weighted by atomic mass is 10.2. The van der Waals surface area contributed by atoms with Gasteiger partial charge < -0.3 is 5.32 Å². The Kier molecular flexibility index (Phi) is 6.69. The molecule has 0 radical (unpaired) electrons. The van der Waals surface area contributed by atoms with Crippen molar-refractivity contribution in [3.05, 3.63) is 39.9 Å². The molecule has 0 spiro atoms.